The summed E-state index contributed by atoms with van der Waals surface area (Å²) >= 11 is 0. The fourth-order valence-corrected chi connectivity index (χ4v) is 2.59. The Morgan fingerprint density at radius 3 is 2.95 bits per heavy atom. The van der Waals surface area contributed by atoms with Gasteiger partial charge in [-0.25, -0.2) is 4.79 Å². The Balaban J connectivity index is 1.84. The number of aryl methyl sites for hydroxylation is 1. The lowest BCUT2D eigenvalue weighted by Gasteiger charge is -2.17. The van der Waals surface area contributed by atoms with Gasteiger partial charge in [0.05, 0.1) is 6.54 Å². The number of carboxylic acid groups (broad SMARTS) is 1. The van der Waals surface area contributed by atoms with Crippen molar-refractivity contribution in [2.45, 2.75) is 19.9 Å². The molecule has 0 saturated heterocycles. The second-order valence-electron chi connectivity index (χ2n) is 4.79. The standard InChI is InChI=1S/C15H15NO3/c1-10-13(15(17)18)8-12(19-10)9-16-7-6-11-4-2-3-5-14(11)16/h2-5,8H,6-7,9H2,1H3,(H,17,18). The molecule has 0 atom stereocenters. The maximum atomic E-state index is 11.0. The Morgan fingerprint density at radius 2 is 2.21 bits per heavy atom. The second kappa shape index (κ2) is 4.46. The van der Waals surface area contributed by atoms with E-state index in [1.165, 1.54) is 11.3 Å². The van der Waals surface area contributed by atoms with Gasteiger partial charge in [0.1, 0.15) is 17.1 Å². The Bertz CT molecular complexity index is 630. The van der Waals surface area contributed by atoms with Crippen LogP contribution in [0.25, 0.3) is 0 Å². The molecule has 0 amide bonds. The molecular formula is C15H15NO3. The summed E-state index contributed by atoms with van der Waals surface area (Å²) in [5, 5.41) is 9.02. The third-order valence-electron chi connectivity index (χ3n) is 3.53. The van der Waals surface area contributed by atoms with Gasteiger partial charge in [0.2, 0.25) is 0 Å². The number of hydrogen-bond donors (Lipinski definition) is 1. The minimum Gasteiger partial charge on any atom is -0.478 e. The summed E-state index contributed by atoms with van der Waals surface area (Å²) in [4.78, 5) is 13.2. The number of anilines is 1. The first-order chi connectivity index (χ1) is 9.15. The van der Waals surface area contributed by atoms with E-state index in [1.807, 2.05) is 12.1 Å². The molecule has 4 heteroatoms. The third-order valence-corrected chi connectivity index (χ3v) is 3.53. The fraction of sp³-hybridized carbons (Fsp3) is 0.267. The van der Waals surface area contributed by atoms with Crippen molar-refractivity contribution in [1.29, 1.82) is 0 Å². The molecule has 0 bridgehead atoms. The predicted molar refractivity (Wildman–Crippen MR) is 71.6 cm³/mol. The first kappa shape index (κ1) is 11.8. The maximum Gasteiger partial charge on any atom is 0.339 e. The van der Waals surface area contributed by atoms with Crippen molar-refractivity contribution in [3.63, 3.8) is 0 Å². The first-order valence-corrected chi connectivity index (χ1v) is 6.30. The lowest BCUT2D eigenvalue weighted by Crippen LogP contribution is -2.19. The van der Waals surface area contributed by atoms with Crippen molar-refractivity contribution in [1.82, 2.24) is 0 Å². The van der Waals surface area contributed by atoms with Crippen LogP contribution in [0.15, 0.2) is 34.7 Å². The number of aromatic carboxylic acids is 1. The molecule has 1 aliphatic heterocycles. The minimum absolute atomic E-state index is 0.252. The second-order valence-corrected chi connectivity index (χ2v) is 4.79. The predicted octanol–water partition coefficient (Wildman–Crippen LogP) is 2.85. The van der Waals surface area contributed by atoms with Gasteiger partial charge >= 0.3 is 5.97 Å². The van der Waals surface area contributed by atoms with Crippen LogP contribution in [-0.2, 0) is 13.0 Å². The van der Waals surface area contributed by atoms with Gasteiger partial charge < -0.3 is 14.4 Å². The van der Waals surface area contributed by atoms with Crippen molar-refractivity contribution in [2.75, 3.05) is 11.4 Å². The van der Waals surface area contributed by atoms with Gasteiger partial charge in [-0.2, -0.15) is 0 Å². The Labute approximate surface area is 111 Å². The summed E-state index contributed by atoms with van der Waals surface area (Å²) in [6.07, 6.45) is 1.03. The van der Waals surface area contributed by atoms with Crippen molar-refractivity contribution in [3.05, 3.63) is 53.0 Å². The van der Waals surface area contributed by atoms with Gasteiger partial charge in [-0.1, -0.05) is 18.2 Å². The van der Waals surface area contributed by atoms with Gasteiger partial charge in [-0.3, -0.25) is 0 Å². The molecule has 98 valence electrons. The molecule has 1 N–H and O–H groups in total. The number of benzene rings is 1. The van der Waals surface area contributed by atoms with Crippen LogP contribution in [0.4, 0.5) is 5.69 Å². The SMILES string of the molecule is Cc1oc(CN2CCc3ccccc32)cc1C(=O)O. The Kier molecular flexibility index (Phi) is 2.78. The maximum absolute atomic E-state index is 11.0. The molecular weight excluding hydrogens is 242 g/mol. The number of para-hydroxylation sites is 1. The van der Waals surface area contributed by atoms with Crippen LogP contribution < -0.4 is 4.90 Å². The number of nitrogens with zero attached hydrogens (tertiary/aromatic N) is 1. The topological polar surface area (TPSA) is 53.7 Å². The van der Waals surface area contributed by atoms with E-state index >= 15 is 0 Å². The van der Waals surface area contributed by atoms with Crippen molar-refractivity contribution >= 4 is 11.7 Å². The first-order valence-electron chi connectivity index (χ1n) is 6.30. The molecule has 0 fully saturated rings. The fourth-order valence-electron chi connectivity index (χ4n) is 2.59. The number of fused-ring (bicyclic) bond motifs is 1. The van der Waals surface area contributed by atoms with E-state index in [0.717, 1.165) is 13.0 Å². The Hall–Kier alpha value is -2.23. The van der Waals surface area contributed by atoms with Gasteiger partial charge in [0, 0.05) is 12.2 Å². The quantitative estimate of drug-likeness (QED) is 0.918. The molecule has 3 rings (SSSR count). The van der Waals surface area contributed by atoms with Gasteiger partial charge in [-0.15, -0.1) is 0 Å². The molecule has 4 nitrogen and oxygen atoms in total. The summed E-state index contributed by atoms with van der Waals surface area (Å²) in [5.41, 5.74) is 2.81. The molecule has 0 spiro atoms. The zero-order chi connectivity index (χ0) is 13.4. The average molecular weight is 257 g/mol. The highest BCUT2D eigenvalue weighted by atomic mass is 16.4. The number of carbonyl (C=O) groups is 1. The molecule has 0 unspecified atom stereocenters. The third kappa shape index (κ3) is 2.10. The molecule has 0 radical (unpaired) electrons. The van der Waals surface area contributed by atoms with Crippen LogP contribution in [0.2, 0.25) is 0 Å². The van der Waals surface area contributed by atoms with Crippen molar-refractivity contribution in [2.24, 2.45) is 0 Å². The van der Waals surface area contributed by atoms with Gasteiger partial charge in [0.15, 0.2) is 0 Å². The molecule has 19 heavy (non-hydrogen) atoms. The molecule has 2 heterocycles. The van der Waals surface area contributed by atoms with E-state index < -0.39 is 5.97 Å². The minimum atomic E-state index is -0.936. The Morgan fingerprint density at radius 1 is 1.42 bits per heavy atom. The molecule has 0 aliphatic carbocycles. The summed E-state index contributed by atoms with van der Waals surface area (Å²) in [7, 11) is 0. The highest BCUT2D eigenvalue weighted by Gasteiger charge is 2.21. The van der Waals surface area contributed by atoms with Crippen LogP contribution in [0.1, 0.15) is 27.4 Å². The van der Waals surface area contributed by atoms with E-state index in [-0.39, 0.29) is 5.56 Å². The lowest BCUT2D eigenvalue weighted by molar-refractivity contribution is 0.0695. The van der Waals surface area contributed by atoms with E-state index in [9.17, 15) is 4.79 Å². The van der Waals surface area contributed by atoms with Crippen LogP contribution in [0, 0.1) is 6.92 Å². The summed E-state index contributed by atoms with van der Waals surface area (Å²) < 4.78 is 5.53. The number of carboxylic acids is 1. The van der Waals surface area contributed by atoms with Gasteiger partial charge in [-0.05, 0) is 31.0 Å². The number of furan rings is 1. The monoisotopic (exact) mass is 257 g/mol. The average Bonchev–Trinajstić information content (AvgIpc) is 2.95. The summed E-state index contributed by atoms with van der Waals surface area (Å²) in [6.45, 7) is 3.25. The van der Waals surface area contributed by atoms with E-state index in [2.05, 4.69) is 17.0 Å². The largest absolute Gasteiger partial charge is 0.478 e. The van der Waals surface area contributed by atoms with Crippen LogP contribution in [-0.4, -0.2) is 17.6 Å². The lowest BCUT2D eigenvalue weighted by atomic mass is 10.2. The van der Waals surface area contributed by atoms with E-state index in [0.29, 0.717) is 18.1 Å². The zero-order valence-corrected chi connectivity index (χ0v) is 10.7. The van der Waals surface area contributed by atoms with Crippen LogP contribution in [0.5, 0.6) is 0 Å². The molecule has 0 saturated carbocycles. The van der Waals surface area contributed by atoms with Crippen LogP contribution in [0.3, 0.4) is 0 Å². The van der Waals surface area contributed by atoms with Crippen LogP contribution >= 0.6 is 0 Å². The molecule has 2 aromatic rings. The van der Waals surface area contributed by atoms with Crippen molar-refractivity contribution < 1.29 is 14.3 Å². The smallest absolute Gasteiger partial charge is 0.339 e. The summed E-state index contributed by atoms with van der Waals surface area (Å²) in [5.74, 6) is 0.232. The van der Waals surface area contributed by atoms with Crippen molar-refractivity contribution in [3.8, 4) is 0 Å². The highest BCUT2D eigenvalue weighted by Crippen LogP contribution is 2.29. The van der Waals surface area contributed by atoms with Gasteiger partial charge in [0.25, 0.3) is 0 Å². The van der Waals surface area contributed by atoms with E-state index in [4.69, 9.17) is 9.52 Å². The summed E-state index contributed by atoms with van der Waals surface area (Å²) in [6, 6.07) is 9.91. The molecule has 1 aromatic heterocycles. The molecule has 1 aliphatic rings. The normalized spacial score (nSPS) is 13.6. The highest BCUT2D eigenvalue weighted by molar-refractivity contribution is 5.88. The number of rotatable bonds is 3. The number of hydrogen-bond acceptors (Lipinski definition) is 3. The van der Waals surface area contributed by atoms with E-state index in [1.54, 1.807) is 13.0 Å². The zero-order valence-electron chi connectivity index (χ0n) is 10.7. The molecule has 1 aromatic carbocycles.